The Hall–Kier alpha value is -0.560. The fourth-order valence-corrected chi connectivity index (χ4v) is 2.80. The molecule has 0 aromatic heterocycles. The molecule has 0 radical (unpaired) electrons. The monoisotopic (exact) mass is 450 g/mol. The molecule has 21 heavy (non-hydrogen) atoms. The zero-order chi connectivity index (χ0) is 15.2. The average molecular weight is 451 g/mol. The van der Waals surface area contributed by atoms with E-state index in [9.17, 15) is 0 Å². The minimum absolute atomic E-state index is 0.550. The molecule has 2 nitrogen and oxygen atoms in total. The quantitative estimate of drug-likeness (QED) is 0.518. The molecular formula is C15H13Cl2IN2S. The molecule has 2 aromatic carbocycles. The fourth-order valence-electron chi connectivity index (χ4n) is 1.72. The average Bonchev–Trinajstić information content (AvgIpc) is 2.46. The molecule has 6 heteroatoms. The van der Waals surface area contributed by atoms with Crippen LogP contribution in [0.1, 0.15) is 11.1 Å². The van der Waals surface area contributed by atoms with E-state index in [4.69, 9.17) is 35.4 Å². The van der Waals surface area contributed by atoms with Gasteiger partial charge in [0.1, 0.15) is 0 Å². The van der Waals surface area contributed by atoms with Gasteiger partial charge < -0.3 is 10.6 Å². The van der Waals surface area contributed by atoms with Crippen molar-refractivity contribution in [2.75, 3.05) is 0 Å². The van der Waals surface area contributed by atoms with Crippen LogP contribution < -0.4 is 10.6 Å². The van der Waals surface area contributed by atoms with Crippen molar-refractivity contribution >= 4 is 63.1 Å². The molecule has 0 atom stereocenters. The normalized spacial score (nSPS) is 10.2. The third kappa shape index (κ3) is 5.62. The topological polar surface area (TPSA) is 24.1 Å². The molecule has 0 bridgehead atoms. The second-order valence-electron chi connectivity index (χ2n) is 4.41. The van der Waals surface area contributed by atoms with Crippen molar-refractivity contribution < 1.29 is 0 Å². The molecule has 0 heterocycles. The third-order valence-electron chi connectivity index (χ3n) is 2.78. The van der Waals surface area contributed by atoms with E-state index in [1.165, 1.54) is 9.13 Å². The van der Waals surface area contributed by atoms with Crippen molar-refractivity contribution in [3.63, 3.8) is 0 Å². The van der Waals surface area contributed by atoms with Gasteiger partial charge in [-0.3, -0.25) is 0 Å². The van der Waals surface area contributed by atoms with Crippen molar-refractivity contribution in [2.24, 2.45) is 0 Å². The van der Waals surface area contributed by atoms with Gasteiger partial charge in [-0.25, -0.2) is 0 Å². The zero-order valence-electron chi connectivity index (χ0n) is 11.0. The Labute approximate surface area is 153 Å². The van der Waals surface area contributed by atoms with Crippen LogP contribution >= 0.6 is 58.0 Å². The van der Waals surface area contributed by atoms with Gasteiger partial charge in [0.05, 0.1) is 10.0 Å². The molecular weight excluding hydrogens is 438 g/mol. The van der Waals surface area contributed by atoms with E-state index in [1.54, 1.807) is 6.07 Å². The molecule has 2 N–H and O–H groups in total. The van der Waals surface area contributed by atoms with E-state index < -0.39 is 0 Å². The molecule has 0 amide bonds. The summed E-state index contributed by atoms with van der Waals surface area (Å²) >= 11 is 19.4. The predicted octanol–water partition coefficient (Wildman–Crippen LogP) is 4.76. The first-order chi connectivity index (χ1) is 10.0. The van der Waals surface area contributed by atoms with Crippen molar-refractivity contribution in [1.29, 1.82) is 0 Å². The van der Waals surface area contributed by atoms with E-state index in [0.29, 0.717) is 28.2 Å². The van der Waals surface area contributed by atoms with E-state index >= 15 is 0 Å². The third-order valence-corrected chi connectivity index (χ3v) is 4.48. The van der Waals surface area contributed by atoms with Gasteiger partial charge in [0.15, 0.2) is 5.11 Å². The standard InChI is InChI=1S/C15H13Cl2IN2S/c16-13-5-4-11(7-14(13)17)9-20-15(21)19-8-10-2-1-3-12(18)6-10/h1-7H,8-9H2,(H2,19,20,21). The lowest BCUT2D eigenvalue weighted by Crippen LogP contribution is -2.34. The van der Waals surface area contributed by atoms with Gasteiger partial charge in [0.2, 0.25) is 0 Å². The number of rotatable bonds is 4. The molecule has 2 rings (SSSR count). The van der Waals surface area contributed by atoms with E-state index in [2.05, 4.69) is 51.4 Å². The van der Waals surface area contributed by atoms with Crippen LogP contribution in [-0.4, -0.2) is 5.11 Å². The predicted molar refractivity (Wildman–Crippen MR) is 102 cm³/mol. The minimum atomic E-state index is 0.550. The Kier molecular flexibility index (Phi) is 6.54. The summed E-state index contributed by atoms with van der Waals surface area (Å²) in [5.41, 5.74) is 2.23. The molecule has 0 aliphatic heterocycles. The van der Waals surface area contributed by atoms with Crippen LogP contribution in [0.3, 0.4) is 0 Å². The number of halogens is 3. The lowest BCUT2D eigenvalue weighted by molar-refractivity contribution is 0.832. The first kappa shape index (κ1) is 16.8. The van der Waals surface area contributed by atoms with Gasteiger partial charge in [-0.05, 0) is 70.2 Å². The highest BCUT2D eigenvalue weighted by Gasteiger charge is 2.01. The van der Waals surface area contributed by atoms with Crippen LogP contribution in [0.4, 0.5) is 0 Å². The largest absolute Gasteiger partial charge is 0.359 e. The van der Waals surface area contributed by atoms with Crippen molar-refractivity contribution in [1.82, 2.24) is 10.6 Å². The molecule has 110 valence electrons. The Bertz CT molecular complexity index is 649. The van der Waals surface area contributed by atoms with Crippen LogP contribution in [0.2, 0.25) is 10.0 Å². The Morgan fingerprint density at radius 3 is 2.24 bits per heavy atom. The summed E-state index contributed by atoms with van der Waals surface area (Å²) < 4.78 is 1.21. The summed E-state index contributed by atoms with van der Waals surface area (Å²) in [6.45, 7) is 1.30. The number of thiocarbonyl (C=S) groups is 1. The van der Waals surface area contributed by atoms with E-state index in [-0.39, 0.29) is 0 Å². The molecule has 0 spiro atoms. The number of hydrogen-bond acceptors (Lipinski definition) is 1. The van der Waals surface area contributed by atoms with Crippen molar-refractivity contribution in [3.8, 4) is 0 Å². The Morgan fingerprint density at radius 2 is 1.62 bits per heavy atom. The van der Waals surface area contributed by atoms with Crippen LogP contribution in [0.15, 0.2) is 42.5 Å². The number of benzene rings is 2. The van der Waals surface area contributed by atoms with E-state index in [1.807, 2.05) is 18.2 Å². The lowest BCUT2D eigenvalue weighted by Gasteiger charge is -2.11. The fraction of sp³-hybridized carbons (Fsp3) is 0.133. The Morgan fingerprint density at radius 1 is 0.952 bits per heavy atom. The molecule has 0 saturated heterocycles. The van der Waals surface area contributed by atoms with Crippen LogP contribution in [0, 0.1) is 3.57 Å². The SMILES string of the molecule is S=C(NCc1cccc(I)c1)NCc1ccc(Cl)c(Cl)c1. The van der Waals surface area contributed by atoms with Gasteiger partial charge in [-0.1, -0.05) is 41.4 Å². The maximum atomic E-state index is 5.98. The number of nitrogens with one attached hydrogen (secondary N) is 2. The lowest BCUT2D eigenvalue weighted by atomic mass is 10.2. The van der Waals surface area contributed by atoms with Crippen LogP contribution in [-0.2, 0) is 13.1 Å². The van der Waals surface area contributed by atoms with Gasteiger partial charge in [0.25, 0.3) is 0 Å². The molecule has 0 unspecified atom stereocenters. The summed E-state index contributed by atoms with van der Waals surface area (Å²) in [6, 6.07) is 13.8. The highest BCUT2D eigenvalue weighted by Crippen LogP contribution is 2.22. The minimum Gasteiger partial charge on any atom is -0.359 e. The second kappa shape index (κ2) is 8.17. The van der Waals surface area contributed by atoms with Crippen LogP contribution in [0.25, 0.3) is 0 Å². The highest BCUT2D eigenvalue weighted by molar-refractivity contribution is 14.1. The summed E-state index contributed by atoms with van der Waals surface area (Å²) in [5.74, 6) is 0. The molecule has 0 fully saturated rings. The molecule has 0 aliphatic rings. The smallest absolute Gasteiger partial charge is 0.166 e. The first-order valence-electron chi connectivity index (χ1n) is 6.24. The van der Waals surface area contributed by atoms with Gasteiger partial charge >= 0.3 is 0 Å². The van der Waals surface area contributed by atoms with Crippen LogP contribution in [0.5, 0.6) is 0 Å². The molecule has 2 aromatic rings. The number of hydrogen-bond donors (Lipinski definition) is 2. The summed E-state index contributed by atoms with van der Waals surface area (Å²) in [7, 11) is 0. The molecule has 0 saturated carbocycles. The van der Waals surface area contributed by atoms with Gasteiger partial charge in [-0.15, -0.1) is 0 Å². The van der Waals surface area contributed by atoms with Crippen molar-refractivity contribution in [2.45, 2.75) is 13.1 Å². The second-order valence-corrected chi connectivity index (χ2v) is 6.88. The molecule has 0 aliphatic carbocycles. The maximum Gasteiger partial charge on any atom is 0.166 e. The zero-order valence-corrected chi connectivity index (χ0v) is 15.5. The van der Waals surface area contributed by atoms with Gasteiger partial charge in [-0.2, -0.15) is 0 Å². The van der Waals surface area contributed by atoms with E-state index in [0.717, 1.165) is 5.56 Å². The summed E-state index contributed by atoms with van der Waals surface area (Å²) in [4.78, 5) is 0. The summed E-state index contributed by atoms with van der Waals surface area (Å²) in [5, 5.41) is 8.04. The Balaban J connectivity index is 1.80. The highest BCUT2D eigenvalue weighted by atomic mass is 127. The first-order valence-corrected chi connectivity index (χ1v) is 8.49. The van der Waals surface area contributed by atoms with Crippen molar-refractivity contribution in [3.05, 3.63) is 67.2 Å². The summed E-state index contributed by atoms with van der Waals surface area (Å²) in [6.07, 6.45) is 0. The van der Waals surface area contributed by atoms with Gasteiger partial charge in [0, 0.05) is 16.7 Å². The maximum absolute atomic E-state index is 5.98.